The molecule has 0 aliphatic carbocycles. The Kier molecular flexibility index (Phi) is 33.4. The van der Waals surface area contributed by atoms with Crippen molar-refractivity contribution in [2.45, 2.75) is 188 Å². The van der Waals surface area contributed by atoms with E-state index in [1.54, 1.807) is 6.08 Å². The van der Waals surface area contributed by atoms with Crippen LogP contribution in [0, 0.1) is 29.6 Å². The lowest BCUT2D eigenvalue weighted by molar-refractivity contribution is -0.168. The number of amides is 12. The Hall–Kier alpha value is -8.85. The number of nitrogens with zero attached hydrogens (tertiary/aromatic N) is 1. The maximum absolute atomic E-state index is 15.3. The van der Waals surface area contributed by atoms with Gasteiger partial charge in [0.15, 0.2) is 0 Å². The van der Waals surface area contributed by atoms with Gasteiger partial charge < -0.3 is 98.4 Å². The van der Waals surface area contributed by atoms with Gasteiger partial charge in [0.1, 0.15) is 72.0 Å². The molecule has 0 radical (unpaired) electrons. The van der Waals surface area contributed by atoms with Gasteiger partial charge in [-0.3, -0.25) is 57.5 Å². The number of esters is 1. The normalized spacial score (nSPS) is 23.9. The van der Waals surface area contributed by atoms with Gasteiger partial charge in [0.25, 0.3) is 5.91 Å². The lowest BCUT2D eigenvalue weighted by atomic mass is 9.87. The first-order valence-electron chi connectivity index (χ1n) is 32.2. The predicted molar refractivity (Wildman–Crippen MR) is 349 cm³/mol. The number of carbonyl (C=O) groups excluding carboxylic acids is 13. The van der Waals surface area contributed by atoms with Crippen molar-refractivity contribution >= 4 is 76.9 Å². The van der Waals surface area contributed by atoms with Crippen LogP contribution in [0.1, 0.15) is 120 Å². The summed E-state index contributed by atoms with van der Waals surface area (Å²) in [7, 11) is 2.38. The lowest BCUT2D eigenvalue weighted by Gasteiger charge is -2.40. The van der Waals surface area contributed by atoms with E-state index in [9.17, 15) is 63.6 Å². The number of nitrogens with one attached hydrogen (secondary N) is 10. The fourth-order valence-corrected chi connectivity index (χ4v) is 10.4. The minimum atomic E-state index is -2.08. The van der Waals surface area contributed by atoms with Gasteiger partial charge in [-0.25, -0.2) is 4.79 Å². The minimum Gasteiger partial charge on any atom is -0.508 e. The number of carbonyl (C=O) groups is 13. The van der Waals surface area contributed by atoms with Crippen LogP contribution in [0.15, 0.2) is 59.8 Å². The number of rotatable bonds is 26. The topological polar surface area (TPSA) is 480 Å². The fraction of sp³-hybridized carbons (Fsp3) is 0.615. The summed E-state index contributed by atoms with van der Waals surface area (Å²) in [6.07, 6.45) is -0.0395. The summed E-state index contributed by atoms with van der Waals surface area (Å²) >= 11 is 0. The Morgan fingerprint density at radius 1 is 0.794 bits per heavy atom. The number of aliphatic hydroxyl groups is 3. The standard InChI is InChI=1S/C65H100N12O20/c1-15-32(5)27-33(6)20-25-45(81)36(9)56(85)67-29-47(83)72-49(38(11)78)61(90)70-42(16-2)59(88)73-48(34(7)35(8)55(66)84)60(89)75-51-53(31(3)4)97-65(94)44-19-17-18-26-77(44)64(93)52(54(96-14)40-21-23-41(80)24-22-40)76-62(91)50(39(12)79)74-57(86)37(10)69-46(82)28-68-58(87)43(30-95-13)71-63(51)92/h16,20-25,27,31-32,34-39,43-45,48-54,78-81H,15,17-19,26,28-30H2,1-14H3,(H2,66,84)(H,67,85)(H,68,87)(H,69,82)(H,70,90)(H,71,92)(H,72,83)(H,73,88)(H,74,86)(H,75,89)(H,76,91). The smallest absolute Gasteiger partial charge is 0.329 e. The molecule has 17 unspecified atom stereocenters. The maximum Gasteiger partial charge on any atom is 0.329 e. The van der Waals surface area contributed by atoms with Crippen LogP contribution in [0.2, 0.25) is 0 Å². The van der Waals surface area contributed by atoms with Crippen molar-refractivity contribution < 1.29 is 97.0 Å². The number of primary amides is 1. The van der Waals surface area contributed by atoms with Crippen molar-refractivity contribution in [3.05, 3.63) is 65.4 Å². The number of cyclic esters (lactones) is 1. The minimum absolute atomic E-state index is 0.0777. The number of piperidine rings is 1. The van der Waals surface area contributed by atoms with Gasteiger partial charge in [0.05, 0.1) is 43.9 Å². The van der Waals surface area contributed by atoms with Crippen LogP contribution in [-0.2, 0) is 76.5 Å². The van der Waals surface area contributed by atoms with Crippen molar-refractivity contribution in [1.82, 2.24) is 58.1 Å². The molecular formula is C65H100N12O20. The van der Waals surface area contributed by atoms with Crippen molar-refractivity contribution in [3.8, 4) is 5.75 Å². The number of nitrogens with two attached hydrogens (primary N) is 1. The van der Waals surface area contributed by atoms with Crippen molar-refractivity contribution in [3.63, 3.8) is 0 Å². The second kappa shape index (κ2) is 39.4. The summed E-state index contributed by atoms with van der Waals surface area (Å²) in [5.74, 6) is -18.2. The van der Waals surface area contributed by atoms with Crippen LogP contribution < -0.4 is 58.9 Å². The molecule has 0 saturated carbocycles. The van der Waals surface area contributed by atoms with E-state index in [0.29, 0.717) is 12.8 Å². The molecule has 17 atom stereocenters. The SMILES string of the molecule is CC=C(NC(=O)C(NC(=O)CNC(=O)C(C)C(O)C=CC(C)=CC(C)CC)C(C)O)C(=O)NC(C(=O)NC1C(=O)NC(COC)C(=O)NCC(=O)NC(C)C(=O)NC(C(C)O)C(=O)NC(C(OC)c2ccc(O)cc2)C(=O)N2CCCCC2C(=O)OC1C(C)C)C(C)C(C)C(N)=O. The fourth-order valence-electron chi connectivity index (χ4n) is 10.4. The molecule has 2 heterocycles. The van der Waals surface area contributed by atoms with E-state index in [4.69, 9.17) is 19.9 Å². The molecule has 2 aliphatic rings. The first kappa shape index (κ1) is 82.4. The van der Waals surface area contributed by atoms with E-state index >= 15 is 19.2 Å². The van der Waals surface area contributed by atoms with Gasteiger partial charge >= 0.3 is 5.97 Å². The number of benzene rings is 1. The molecule has 2 fully saturated rings. The molecule has 16 N–H and O–H groups in total. The highest BCUT2D eigenvalue weighted by atomic mass is 16.5. The van der Waals surface area contributed by atoms with E-state index in [2.05, 4.69) is 53.2 Å². The Morgan fingerprint density at radius 2 is 1.43 bits per heavy atom. The molecule has 3 rings (SSSR count). The molecular weight excluding hydrogens is 1270 g/mol. The Labute approximate surface area is 564 Å². The molecule has 0 bridgehead atoms. The molecule has 540 valence electrons. The van der Waals surface area contributed by atoms with E-state index < -0.39 is 205 Å². The number of allylic oxidation sites excluding steroid dienone is 4. The number of ether oxygens (including phenoxy) is 3. The van der Waals surface area contributed by atoms with Crippen molar-refractivity contribution in [1.29, 1.82) is 0 Å². The highest BCUT2D eigenvalue weighted by Gasteiger charge is 2.46. The predicted octanol–water partition coefficient (Wildman–Crippen LogP) is -2.58. The highest BCUT2D eigenvalue weighted by molar-refractivity contribution is 6.03. The molecule has 2 saturated heterocycles. The zero-order valence-electron chi connectivity index (χ0n) is 57.5. The van der Waals surface area contributed by atoms with Gasteiger partial charge in [-0.05, 0) is 89.3 Å². The third-order valence-corrected chi connectivity index (χ3v) is 16.7. The van der Waals surface area contributed by atoms with Crippen LogP contribution in [-0.4, -0.2) is 215 Å². The number of aliphatic hydroxyl groups excluding tert-OH is 3. The van der Waals surface area contributed by atoms with Crippen LogP contribution in [0.3, 0.4) is 0 Å². The summed E-state index contributed by atoms with van der Waals surface area (Å²) in [5, 5.41) is 66.4. The summed E-state index contributed by atoms with van der Waals surface area (Å²) in [6.45, 7) is 15.5. The first-order valence-corrected chi connectivity index (χ1v) is 32.2. The van der Waals surface area contributed by atoms with Crippen molar-refractivity contribution in [2.75, 3.05) is 40.5 Å². The van der Waals surface area contributed by atoms with Gasteiger partial charge in [-0.15, -0.1) is 0 Å². The second-order valence-electron chi connectivity index (χ2n) is 24.8. The molecule has 32 heteroatoms. The van der Waals surface area contributed by atoms with Crippen LogP contribution >= 0.6 is 0 Å². The molecule has 97 heavy (non-hydrogen) atoms. The average Bonchev–Trinajstić information content (AvgIpc) is 0.804. The van der Waals surface area contributed by atoms with Crippen molar-refractivity contribution in [2.24, 2.45) is 35.3 Å². The van der Waals surface area contributed by atoms with Gasteiger partial charge in [0, 0.05) is 26.7 Å². The van der Waals surface area contributed by atoms with E-state index in [-0.39, 0.29) is 30.2 Å². The lowest BCUT2D eigenvalue weighted by Crippen LogP contribution is -2.64. The Balaban J connectivity index is 2.15. The summed E-state index contributed by atoms with van der Waals surface area (Å²) < 4.78 is 17.3. The van der Waals surface area contributed by atoms with Crippen LogP contribution in [0.25, 0.3) is 0 Å². The average molecular weight is 1370 g/mol. The quantitative estimate of drug-likeness (QED) is 0.0257. The molecule has 1 aromatic rings. The van der Waals surface area contributed by atoms with Gasteiger partial charge in [0.2, 0.25) is 65.0 Å². The van der Waals surface area contributed by atoms with Gasteiger partial charge in [-0.2, -0.15) is 0 Å². The van der Waals surface area contributed by atoms with E-state index in [1.165, 1.54) is 92.8 Å². The first-order chi connectivity index (χ1) is 45.5. The number of fused-ring (bicyclic) bond motifs is 1. The monoisotopic (exact) mass is 1370 g/mol. The summed E-state index contributed by atoms with van der Waals surface area (Å²) in [6, 6.07) is -8.62. The van der Waals surface area contributed by atoms with Gasteiger partial charge in [-0.1, -0.05) is 96.9 Å². The third-order valence-electron chi connectivity index (χ3n) is 16.7. The number of phenolic OH excluding ortho intramolecular Hbond substituents is 1. The van der Waals surface area contributed by atoms with E-state index in [0.717, 1.165) is 37.0 Å². The highest BCUT2D eigenvalue weighted by Crippen LogP contribution is 2.29. The third kappa shape index (κ3) is 24.6. The number of phenols is 1. The molecule has 2 aliphatic heterocycles. The zero-order chi connectivity index (χ0) is 73.3. The molecule has 0 spiro atoms. The second-order valence-corrected chi connectivity index (χ2v) is 24.8. The molecule has 32 nitrogen and oxygen atoms in total. The Morgan fingerprint density at radius 3 is 2.00 bits per heavy atom. The number of hydrogen-bond acceptors (Lipinski definition) is 20. The molecule has 12 amide bonds. The summed E-state index contributed by atoms with van der Waals surface area (Å²) in [5.41, 5.74) is 6.25. The van der Waals surface area contributed by atoms with Crippen LogP contribution in [0.5, 0.6) is 5.75 Å². The summed E-state index contributed by atoms with van der Waals surface area (Å²) in [4.78, 5) is 184. The molecule has 1 aromatic carbocycles. The zero-order valence-corrected chi connectivity index (χ0v) is 57.5. The van der Waals surface area contributed by atoms with E-state index in [1.807, 2.05) is 26.8 Å². The maximum atomic E-state index is 15.3. The number of hydrogen-bond donors (Lipinski definition) is 15. The number of aromatic hydroxyl groups is 1. The molecule has 0 aromatic heterocycles. The Bertz CT molecular complexity index is 3050. The number of methoxy groups -OCH3 is 2. The largest absolute Gasteiger partial charge is 0.508 e. The van der Waals surface area contributed by atoms with Crippen LogP contribution in [0.4, 0.5) is 0 Å².